The van der Waals surface area contributed by atoms with Gasteiger partial charge in [-0.25, -0.2) is 0 Å². The Morgan fingerprint density at radius 2 is 1.25 bits per heavy atom. The zero-order valence-corrected chi connectivity index (χ0v) is 6.93. The summed E-state index contributed by atoms with van der Waals surface area (Å²) in [5.74, 6) is 0. The van der Waals surface area contributed by atoms with E-state index in [4.69, 9.17) is 0 Å². The van der Waals surface area contributed by atoms with Crippen molar-refractivity contribution < 1.29 is 27.3 Å². The second-order valence-corrected chi connectivity index (χ2v) is 5.01. The Labute approximate surface area is 46.8 Å². The summed E-state index contributed by atoms with van der Waals surface area (Å²) in [4.78, 5) is 0. The first kappa shape index (κ1) is 9.05. The van der Waals surface area contributed by atoms with Crippen LogP contribution in [0.5, 0.6) is 0 Å². The topological polar surface area (TPSA) is 0 Å². The standard InChI is InChI=1S/ClH.2S.W/h1H;;;/q;;;+1/p-1. The van der Waals surface area contributed by atoms with Gasteiger partial charge in [-0.2, -0.15) is 0 Å². The molecule has 4 heavy (non-hydrogen) atoms. The van der Waals surface area contributed by atoms with E-state index in [0.717, 1.165) is 0 Å². The fourth-order valence-electron chi connectivity index (χ4n) is 0. The molecule has 0 spiro atoms. The zero-order valence-electron chi connectivity index (χ0n) is 1.60. The van der Waals surface area contributed by atoms with E-state index >= 15 is 0 Å². The number of hydrogen-bond acceptors (Lipinski definition) is 2. The molecule has 0 amide bonds. The second kappa shape index (κ2) is 8.83. The molecule has 0 radical (unpaired) electrons. The Balaban J connectivity index is 0. The molecule has 4 heteroatoms. The fraction of sp³-hybridized carbons (Fsp3) is 0. The molecule has 0 aromatic heterocycles. The first-order chi connectivity index (χ1) is 1.41. The van der Waals surface area contributed by atoms with Crippen LogP contribution in [0.1, 0.15) is 0 Å². The van der Waals surface area contributed by atoms with Crippen molar-refractivity contribution in [1.82, 2.24) is 0 Å². The van der Waals surface area contributed by atoms with Gasteiger partial charge in [0.15, 0.2) is 0 Å². The predicted octanol–water partition coefficient (Wildman–Crippen LogP) is -1.70. The molecule has 0 atom stereocenters. The van der Waals surface area contributed by atoms with Crippen molar-refractivity contribution in [2.45, 2.75) is 0 Å². The van der Waals surface area contributed by atoms with Gasteiger partial charge >= 0.3 is 34.6 Å². The summed E-state index contributed by atoms with van der Waals surface area (Å²) in [5, 5.41) is 0. The van der Waals surface area contributed by atoms with E-state index in [1.165, 1.54) is 0 Å². The van der Waals surface area contributed by atoms with Gasteiger partial charge in [0, 0.05) is 0 Å². The predicted molar refractivity (Wildman–Crippen MR) is 15.2 cm³/mol. The van der Waals surface area contributed by atoms with E-state index in [2.05, 4.69) is 19.6 Å². The fourth-order valence-corrected chi connectivity index (χ4v) is 0. The average molecular weight is 283 g/mol. The molecule has 0 heterocycles. The average Bonchev–Trinajstić information content (AvgIpc) is 0.918. The van der Waals surface area contributed by atoms with Crippen LogP contribution in [-0.2, 0) is 14.9 Å². The Kier molecular flexibility index (Phi) is 20.0. The summed E-state index contributed by atoms with van der Waals surface area (Å²) >= 11 is -0.583. The number of rotatable bonds is 0. The maximum absolute atomic E-state index is 4.38. The van der Waals surface area contributed by atoms with Gasteiger partial charge in [0.05, 0.1) is 0 Å². The molecule has 0 aliphatic rings. The van der Waals surface area contributed by atoms with Crippen LogP contribution in [0.2, 0.25) is 0 Å². The Morgan fingerprint density at radius 1 is 1.25 bits per heavy atom. The van der Waals surface area contributed by atoms with E-state index in [0.29, 0.717) is 0 Å². The monoisotopic (exact) mass is 283 g/mol. The second-order valence-electron chi connectivity index (χ2n) is 0.0680. The number of halogens is 1. The Hall–Kier alpha value is 1.42. The van der Waals surface area contributed by atoms with Crippen LogP contribution in [-0.4, -0.2) is 0 Å². The van der Waals surface area contributed by atoms with Gasteiger partial charge in [-0.15, -0.1) is 0 Å². The van der Waals surface area contributed by atoms with E-state index in [-0.39, 0.29) is 12.4 Å². The van der Waals surface area contributed by atoms with Crippen molar-refractivity contribution in [1.29, 1.82) is 0 Å². The van der Waals surface area contributed by atoms with Crippen molar-refractivity contribution in [2.24, 2.45) is 0 Å². The van der Waals surface area contributed by atoms with Crippen LogP contribution < -0.4 is 12.4 Å². The molecule has 0 aromatic rings. The molecule has 25 valence electrons. The summed E-state index contributed by atoms with van der Waals surface area (Å²) in [7, 11) is 8.75. The van der Waals surface area contributed by atoms with E-state index < -0.39 is 14.9 Å². The van der Waals surface area contributed by atoms with Gasteiger partial charge in [-0.1, -0.05) is 0 Å². The van der Waals surface area contributed by atoms with Crippen molar-refractivity contribution >= 4 is 19.6 Å². The van der Waals surface area contributed by atoms with Crippen LogP contribution >= 0.6 is 19.6 Å². The molecule has 0 aliphatic heterocycles. The summed E-state index contributed by atoms with van der Waals surface area (Å²) < 4.78 is 0. The molecule has 0 rings (SSSR count). The van der Waals surface area contributed by atoms with Gasteiger partial charge in [-0.05, 0) is 0 Å². The Bertz CT molecular complexity index is 27.0. The van der Waals surface area contributed by atoms with Gasteiger partial charge in [0.25, 0.3) is 0 Å². The van der Waals surface area contributed by atoms with E-state index in [9.17, 15) is 0 Å². The molecule has 0 bridgehead atoms. The van der Waals surface area contributed by atoms with Gasteiger partial charge < -0.3 is 12.4 Å². The third-order valence-corrected chi connectivity index (χ3v) is 0. The van der Waals surface area contributed by atoms with Crippen molar-refractivity contribution in [3.63, 3.8) is 0 Å². The molecular formula is ClS2W. The summed E-state index contributed by atoms with van der Waals surface area (Å²) in [5.41, 5.74) is 0. The minimum absolute atomic E-state index is 0. The first-order valence-electron chi connectivity index (χ1n) is 0.333. The van der Waals surface area contributed by atoms with Crippen molar-refractivity contribution in [3.05, 3.63) is 0 Å². The molecule has 0 N–H and O–H groups in total. The first-order valence-corrected chi connectivity index (χ1v) is 8.19. The summed E-state index contributed by atoms with van der Waals surface area (Å²) in [6.45, 7) is 0. The third kappa shape index (κ3) is 9.94. The zero-order chi connectivity index (χ0) is 2.71. The molecule has 0 nitrogen and oxygen atoms in total. The minimum atomic E-state index is -0.583. The normalized spacial score (nSPS) is 2.00. The van der Waals surface area contributed by atoms with Gasteiger partial charge in [0.2, 0.25) is 0 Å². The summed E-state index contributed by atoms with van der Waals surface area (Å²) in [6.07, 6.45) is 0. The van der Waals surface area contributed by atoms with Crippen molar-refractivity contribution in [3.8, 4) is 0 Å². The maximum atomic E-state index is 4.38. The quantitative estimate of drug-likeness (QED) is 0.520. The molecule has 0 aliphatic carbocycles. The third-order valence-electron chi connectivity index (χ3n) is 0. The van der Waals surface area contributed by atoms with Gasteiger partial charge in [-0.3, -0.25) is 0 Å². The molecule has 0 unspecified atom stereocenters. The molecule has 0 fully saturated rings. The van der Waals surface area contributed by atoms with Crippen LogP contribution in [0.15, 0.2) is 0 Å². The molecular weight excluding hydrogens is 283 g/mol. The van der Waals surface area contributed by atoms with Crippen LogP contribution in [0.3, 0.4) is 0 Å². The number of hydrogen-bond donors (Lipinski definition) is 0. The van der Waals surface area contributed by atoms with Crippen LogP contribution in [0.4, 0.5) is 0 Å². The van der Waals surface area contributed by atoms with E-state index in [1.807, 2.05) is 0 Å². The van der Waals surface area contributed by atoms with Gasteiger partial charge in [0.1, 0.15) is 0 Å². The SMILES string of the molecule is [Cl-].[S]=[W+]=[S]. The molecule has 0 saturated carbocycles. The van der Waals surface area contributed by atoms with E-state index in [1.54, 1.807) is 0 Å². The van der Waals surface area contributed by atoms with Crippen molar-refractivity contribution in [2.75, 3.05) is 0 Å². The van der Waals surface area contributed by atoms with Crippen LogP contribution in [0.25, 0.3) is 0 Å². The molecule has 0 saturated heterocycles. The summed E-state index contributed by atoms with van der Waals surface area (Å²) in [6, 6.07) is 0. The Morgan fingerprint density at radius 3 is 1.25 bits per heavy atom. The molecule has 0 aromatic carbocycles. The van der Waals surface area contributed by atoms with Crippen LogP contribution in [0, 0.1) is 0 Å².